The van der Waals surface area contributed by atoms with Crippen LogP contribution in [0.15, 0.2) is 54.7 Å². The number of alkyl halides is 3. The summed E-state index contributed by atoms with van der Waals surface area (Å²) in [6, 6.07) is 11.6. The molecular formula is C25H26F4N4. The lowest BCUT2D eigenvalue weighted by Crippen LogP contribution is -2.27. The minimum atomic E-state index is -4.52. The first-order chi connectivity index (χ1) is 15.8. The van der Waals surface area contributed by atoms with Gasteiger partial charge in [-0.05, 0) is 80.0 Å². The predicted octanol–water partition coefficient (Wildman–Crippen LogP) is 5.97. The highest BCUT2D eigenvalue weighted by atomic mass is 19.4. The molecule has 4 nitrogen and oxygen atoms in total. The van der Waals surface area contributed by atoms with Crippen LogP contribution in [0.5, 0.6) is 0 Å². The van der Waals surface area contributed by atoms with Crippen LogP contribution in [0.1, 0.15) is 42.5 Å². The second kappa shape index (κ2) is 9.87. The third-order valence-electron chi connectivity index (χ3n) is 6.02. The van der Waals surface area contributed by atoms with Crippen molar-refractivity contribution in [2.24, 2.45) is 11.7 Å². The number of nitrogens with two attached hydrogens (primary N) is 1. The Morgan fingerprint density at radius 1 is 1.00 bits per heavy atom. The highest BCUT2D eigenvalue weighted by Gasteiger charge is 2.32. The summed E-state index contributed by atoms with van der Waals surface area (Å²) in [6.07, 6.45) is 1.89. The van der Waals surface area contributed by atoms with Gasteiger partial charge in [0.2, 0.25) is 0 Å². The summed E-state index contributed by atoms with van der Waals surface area (Å²) in [4.78, 5) is 8.83. The first-order valence-electron chi connectivity index (χ1n) is 11.0. The fourth-order valence-corrected chi connectivity index (χ4v) is 4.21. The zero-order chi connectivity index (χ0) is 23.4. The van der Waals surface area contributed by atoms with Gasteiger partial charge < -0.3 is 11.1 Å². The zero-order valence-corrected chi connectivity index (χ0v) is 18.1. The summed E-state index contributed by atoms with van der Waals surface area (Å²) in [5, 5.41) is 2.89. The van der Waals surface area contributed by atoms with Gasteiger partial charge in [0.05, 0.1) is 11.3 Å². The lowest BCUT2D eigenvalue weighted by molar-refractivity contribution is -0.137. The Labute approximate surface area is 190 Å². The molecule has 4 rings (SSSR count). The van der Waals surface area contributed by atoms with Crippen LogP contribution >= 0.6 is 0 Å². The molecule has 1 aromatic carbocycles. The van der Waals surface area contributed by atoms with Gasteiger partial charge in [0.25, 0.3) is 0 Å². The summed E-state index contributed by atoms with van der Waals surface area (Å²) in [6.45, 7) is 0.150. The molecule has 8 heteroatoms. The van der Waals surface area contributed by atoms with Gasteiger partial charge in [-0.1, -0.05) is 12.1 Å². The molecule has 0 aliphatic heterocycles. The molecule has 33 heavy (non-hydrogen) atoms. The molecule has 0 unspecified atom stereocenters. The van der Waals surface area contributed by atoms with Crippen LogP contribution < -0.4 is 11.1 Å². The van der Waals surface area contributed by atoms with E-state index in [-0.39, 0.29) is 24.1 Å². The molecule has 0 bridgehead atoms. The largest absolute Gasteiger partial charge is 0.416 e. The molecule has 1 aliphatic carbocycles. The Bertz CT molecular complexity index is 1090. The van der Waals surface area contributed by atoms with Gasteiger partial charge in [-0.15, -0.1) is 0 Å². The number of anilines is 1. The Balaban J connectivity index is 1.57. The van der Waals surface area contributed by atoms with Crippen molar-refractivity contribution < 1.29 is 17.6 Å². The predicted molar refractivity (Wildman–Crippen MR) is 120 cm³/mol. The Kier molecular flexibility index (Phi) is 6.93. The number of hydrogen-bond acceptors (Lipinski definition) is 4. The van der Waals surface area contributed by atoms with Crippen molar-refractivity contribution in [1.29, 1.82) is 0 Å². The van der Waals surface area contributed by atoms with E-state index in [1.165, 1.54) is 12.1 Å². The lowest BCUT2D eigenvalue weighted by atomic mass is 9.83. The van der Waals surface area contributed by atoms with Crippen molar-refractivity contribution in [2.45, 2.75) is 50.9 Å². The number of pyridine rings is 2. The molecule has 0 radical (unpaired) electrons. The third-order valence-corrected chi connectivity index (χ3v) is 6.02. The summed E-state index contributed by atoms with van der Waals surface area (Å²) >= 11 is 0. The number of nitrogens with one attached hydrogen (secondary N) is 1. The molecule has 3 N–H and O–H groups in total. The van der Waals surface area contributed by atoms with Crippen LogP contribution in [-0.2, 0) is 19.1 Å². The van der Waals surface area contributed by atoms with E-state index in [0.29, 0.717) is 17.0 Å². The second-order valence-corrected chi connectivity index (χ2v) is 8.63. The summed E-state index contributed by atoms with van der Waals surface area (Å²) in [5.41, 5.74) is 7.41. The standard InChI is InChI=1S/C25H26F4N4/c26-20-3-1-2-17(10-20)15-32-24-14-19(25(27,28)29)13-23(33-24)18-8-9-31-22(12-18)11-16-4-6-21(30)7-5-16/h1-3,8-10,12-14,16,21H,4-7,11,15,30H2,(H,32,33). The van der Waals surface area contributed by atoms with E-state index in [0.717, 1.165) is 49.9 Å². The molecule has 2 heterocycles. The SMILES string of the molecule is NC1CCC(Cc2cc(-c3cc(C(F)(F)F)cc(NCc4cccc(F)c4)n3)ccn2)CC1. The highest BCUT2D eigenvalue weighted by molar-refractivity contribution is 5.63. The van der Waals surface area contributed by atoms with E-state index < -0.39 is 17.6 Å². The molecule has 174 valence electrons. The normalized spacial score (nSPS) is 18.8. The van der Waals surface area contributed by atoms with Gasteiger partial charge in [0.15, 0.2) is 0 Å². The van der Waals surface area contributed by atoms with Crippen molar-refractivity contribution in [3.8, 4) is 11.3 Å². The van der Waals surface area contributed by atoms with Crippen LogP contribution in [0.25, 0.3) is 11.3 Å². The van der Waals surface area contributed by atoms with Gasteiger partial charge in [-0.25, -0.2) is 9.37 Å². The van der Waals surface area contributed by atoms with Crippen molar-refractivity contribution in [3.05, 3.63) is 77.4 Å². The van der Waals surface area contributed by atoms with Gasteiger partial charge in [-0.2, -0.15) is 13.2 Å². The number of hydrogen-bond donors (Lipinski definition) is 2. The molecule has 0 saturated heterocycles. The van der Waals surface area contributed by atoms with Gasteiger partial charge in [0.1, 0.15) is 11.6 Å². The third kappa shape index (κ3) is 6.28. The number of rotatable bonds is 6. The molecule has 2 aromatic heterocycles. The molecule has 0 spiro atoms. The van der Waals surface area contributed by atoms with Crippen LogP contribution in [0.3, 0.4) is 0 Å². The number of halogens is 4. The first kappa shape index (κ1) is 23.2. The Morgan fingerprint density at radius 3 is 2.52 bits per heavy atom. The number of aromatic nitrogens is 2. The maximum absolute atomic E-state index is 13.6. The molecule has 3 aromatic rings. The Morgan fingerprint density at radius 2 is 1.79 bits per heavy atom. The molecule has 0 amide bonds. The molecule has 1 saturated carbocycles. The van der Waals surface area contributed by atoms with Crippen LogP contribution in [0.4, 0.5) is 23.4 Å². The number of benzene rings is 1. The fourth-order valence-electron chi connectivity index (χ4n) is 4.21. The molecule has 1 fully saturated rings. The van der Waals surface area contributed by atoms with Crippen molar-refractivity contribution >= 4 is 5.82 Å². The smallest absolute Gasteiger partial charge is 0.366 e. The van der Waals surface area contributed by atoms with E-state index in [4.69, 9.17) is 5.73 Å². The molecule has 1 aliphatic rings. The average Bonchev–Trinajstić information content (AvgIpc) is 2.79. The van der Waals surface area contributed by atoms with Crippen molar-refractivity contribution in [1.82, 2.24) is 9.97 Å². The quantitative estimate of drug-likeness (QED) is 0.447. The highest BCUT2D eigenvalue weighted by Crippen LogP contribution is 2.34. The van der Waals surface area contributed by atoms with Gasteiger partial charge in [-0.3, -0.25) is 4.98 Å². The first-order valence-corrected chi connectivity index (χ1v) is 11.0. The Hall–Kier alpha value is -3.00. The van der Waals surface area contributed by atoms with Gasteiger partial charge >= 0.3 is 6.18 Å². The summed E-state index contributed by atoms with van der Waals surface area (Å²) in [7, 11) is 0. The second-order valence-electron chi connectivity index (χ2n) is 8.63. The zero-order valence-electron chi connectivity index (χ0n) is 18.1. The minimum absolute atomic E-state index is 0.0729. The topological polar surface area (TPSA) is 63.8 Å². The van der Waals surface area contributed by atoms with Crippen LogP contribution in [0, 0.1) is 11.7 Å². The summed E-state index contributed by atoms with van der Waals surface area (Å²) < 4.78 is 54.1. The van der Waals surface area contributed by atoms with Crippen LogP contribution in [-0.4, -0.2) is 16.0 Å². The molecular weight excluding hydrogens is 432 g/mol. The van der Waals surface area contributed by atoms with Crippen molar-refractivity contribution in [2.75, 3.05) is 5.32 Å². The van der Waals surface area contributed by atoms with Crippen molar-refractivity contribution in [3.63, 3.8) is 0 Å². The lowest BCUT2D eigenvalue weighted by Gasteiger charge is -2.25. The maximum atomic E-state index is 13.6. The molecule has 0 atom stereocenters. The number of nitrogens with zero attached hydrogens (tertiary/aromatic N) is 2. The maximum Gasteiger partial charge on any atom is 0.416 e. The minimum Gasteiger partial charge on any atom is -0.366 e. The van der Waals surface area contributed by atoms with Crippen LogP contribution in [0.2, 0.25) is 0 Å². The summed E-state index contributed by atoms with van der Waals surface area (Å²) in [5.74, 6) is 0.144. The van der Waals surface area contributed by atoms with E-state index in [1.807, 2.05) is 6.07 Å². The van der Waals surface area contributed by atoms with E-state index >= 15 is 0 Å². The fraction of sp³-hybridized carbons (Fsp3) is 0.360. The van der Waals surface area contributed by atoms with E-state index in [1.54, 1.807) is 24.4 Å². The van der Waals surface area contributed by atoms with E-state index in [2.05, 4.69) is 15.3 Å². The monoisotopic (exact) mass is 458 g/mol. The average molecular weight is 459 g/mol. The van der Waals surface area contributed by atoms with E-state index in [9.17, 15) is 17.6 Å². The van der Waals surface area contributed by atoms with Gasteiger partial charge in [0, 0.05) is 30.0 Å².